The summed E-state index contributed by atoms with van der Waals surface area (Å²) >= 11 is 2.04. The van der Waals surface area contributed by atoms with Crippen LogP contribution in [0.3, 0.4) is 0 Å². The number of rotatable bonds is 4. The minimum atomic E-state index is -2.87. The summed E-state index contributed by atoms with van der Waals surface area (Å²) in [6.45, 7) is 4.45. The zero-order valence-electron chi connectivity index (χ0n) is 15.1. The number of piperazine rings is 1. The summed E-state index contributed by atoms with van der Waals surface area (Å²) in [5.74, 6) is 1.83. The van der Waals surface area contributed by atoms with Gasteiger partial charge in [-0.1, -0.05) is 0 Å². The van der Waals surface area contributed by atoms with E-state index in [1.54, 1.807) is 0 Å². The molecule has 0 spiro atoms. The standard InChI is InChI=1S/C17H32N4O2S2/c1-25(22,23)13-4-2-12(3-5-13)15-10-19-14-6-8-21(17(14)20-15)11-16-18-7-9-24-16/h12-20H,2-11H2,1H3. The van der Waals surface area contributed by atoms with Gasteiger partial charge in [0.1, 0.15) is 9.84 Å². The van der Waals surface area contributed by atoms with Crippen molar-refractivity contribution < 1.29 is 8.42 Å². The van der Waals surface area contributed by atoms with Crippen LogP contribution >= 0.6 is 11.8 Å². The average Bonchev–Trinajstić information content (AvgIpc) is 3.24. The van der Waals surface area contributed by atoms with Crippen molar-refractivity contribution in [2.24, 2.45) is 5.92 Å². The van der Waals surface area contributed by atoms with E-state index in [1.807, 2.05) is 11.8 Å². The SMILES string of the molecule is CS(=O)(=O)C1CCC(C2CNC3CCN(CC4NCCS4)C3N2)CC1. The number of nitrogens with zero attached hydrogens (tertiary/aromatic N) is 1. The largest absolute Gasteiger partial charge is 0.310 e. The van der Waals surface area contributed by atoms with E-state index in [-0.39, 0.29) is 5.25 Å². The maximum atomic E-state index is 11.8. The van der Waals surface area contributed by atoms with Crippen molar-refractivity contribution in [2.45, 2.75) is 61.0 Å². The van der Waals surface area contributed by atoms with Gasteiger partial charge in [-0.25, -0.2) is 8.42 Å². The molecule has 0 aromatic carbocycles. The summed E-state index contributed by atoms with van der Waals surface area (Å²) in [6, 6.07) is 1.04. The van der Waals surface area contributed by atoms with Crippen LogP contribution in [-0.2, 0) is 9.84 Å². The lowest BCUT2D eigenvalue weighted by Gasteiger charge is -2.43. The minimum Gasteiger partial charge on any atom is -0.310 e. The third-order valence-corrected chi connectivity index (χ3v) is 9.41. The number of hydrogen-bond acceptors (Lipinski definition) is 7. The van der Waals surface area contributed by atoms with Crippen LogP contribution in [0.2, 0.25) is 0 Å². The van der Waals surface area contributed by atoms with Gasteiger partial charge in [0, 0.05) is 50.3 Å². The molecule has 0 bridgehead atoms. The van der Waals surface area contributed by atoms with E-state index in [2.05, 4.69) is 20.9 Å². The zero-order chi connectivity index (χ0) is 17.4. The Bertz CT molecular complexity index is 559. The van der Waals surface area contributed by atoms with E-state index in [0.29, 0.717) is 29.5 Å². The van der Waals surface area contributed by atoms with Crippen molar-refractivity contribution in [3.8, 4) is 0 Å². The molecule has 25 heavy (non-hydrogen) atoms. The Hall–Kier alpha value is 0.140. The highest BCUT2D eigenvalue weighted by molar-refractivity contribution is 8.00. The number of likely N-dealkylation sites (tertiary alicyclic amines) is 1. The quantitative estimate of drug-likeness (QED) is 0.636. The van der Waals surface area contributed by atoms with E-state index >= 15 is 0 Å². The van der Waals surface area contributed by atoms with Crippen molar-refractivity contribution in [1.29, 1.82) is 0 Å². The molecule has 4 unspecified atom stereocenters. The van der Waals surface area contributed by atoms with E-state index in [1.165, 1.54) is 25.0 Å². The average molecular weight is 389 g/mol. The van der Waals surface area contributed by atoms with Crippen LogP contribution in [0.4, 0.5) is 0 Å². The number of sulfone groups is 1. The zero-order valence-corrected chi connectivity index (χ0v) is 16.7. The molecule has 3 aliphatic heterocycles. The predicted octanol–water partition coefficient (Wildman–Crippen LogP) is 0.214. The van der Waals surface area contributed by atoms with Gasteiger partial charge in [-0.3, -0.25) is 10.2 Å². The second-order valence-electron chi connectivity index (χ2n) is 8.20. The molecule has 0 aromatic heterocycles. The monoisotopic (exact) mass is 388 g/mol. The fourth-order valence-corrected chi connectivity index (χ4v) is 7.27. The van der Waals surface area contributed by atoms with Crippen molar-refractivity contribution in [2.75, 3.05) is 38.2 Å². The number of fused-ring (bicyclic) bond motifs is 1. The molecule has 4 rings (SSSR count). The molecule has 3 heterocycles. The third-order valence-electron chi connectivity index (χ3n) is 6.57. The Morgan fingerprint density at radius 1 is 1.08 bits per heavy atom. The maximum absolute atomic E-state index is 11.8. The fraction of sp³-hybridized carbons (Fsp3) is 1.00. The molecule has 3 saturated heterocycles. The summed E-state index contributed by atoms with van der Waals surface area (Å²) in [7, 11) is -2.87. The molecular formula is C17H32N4O2S2. The van der Waals surface area contributed by atoms with Crippen molar-refractivity contribution in [1.82, 2.24) is 20.9 Å². The van der Waals surface area contributed by atoms with E-state index < -0.39 is 9.84 Å². The molecule has 4 atom stereocenters. The van der Waals surface area contributed by atoms with Crippen LogP contribution in [-0.4, -0.2) is 80.4 Å². The molecule has 3 N–H and O–H groups in total. The van der Waals surface area contributed by atoms with Crippen LogP contribution in [0.1, 0.15) is 32.1 Å². The fourth-order valence-electron chi connectivity index (χ4n) is 5.09. The van der Waals surface area contributed by atoms with E-state index in [4.69, 9.17) is 0 Å². The molecule has 1 aliphatic carbocycles. The summed E-state index contributed by atoms with van der Waals surface area (Å²) in [4.78, 5) is 2.61. The number of thioether (sulfide) groups is 1. The molecule has 4 aliphatic rings. The molecule has 1 saturated carbocycles. The number of nitrogens with one attached hydrogen (secondary N) is 3. The predicted molar refractivity (Wildman–Crippen MR) is 104 cm³/mol. The lowest BCUT2D eigenvalue weighted by Crippen LogP contribution is -2.65. The van der Waals surface area contributed by atoms with E-state index in [9.17, 15) is 8.42 Å². The van der Waals surface area contributed by atoms with Crippen LogP contribution in [0.5, 0.6) is 0 Å². The molecule has 4 fully saturated rings. The first-order chi connectivity index (χ1) is 12.0. The van der Waals surface area contributed by atoms with Crippen LogP contribution < -0.4 is 16.0 Å². The molecule has 0 radical (unpaired) electrons. The maximum Gasteiger partial charge on any atom is 0.150 e. The molecule has 0 aromatic rings. The van der Waals surface area contributed by atoms with Gasteiger partial charge in [-0.15, -0.1) is 11.8 Å². The topological polar surface area (TPSA) is 73.5 Å². The third kappa shape index (κ3) is 4.19. The van der Waals surface area contributed by atoms with Gasteiger partial charge in [0.25, 0.3) is 0 Å². The van der Waals surface area contributed by atoms with Crippen LogP contribution in [0, 0.1) is 5.92 Å². The van der Waals surface area contributed by atoms with Crippen LogP contribution in [0.15, 0.2) is 0 Å². The van der Waals surface area contributed by atoms with Gasteiger partial charge in [-0.2, -0.15) is 0 Å². The second-order valence-corrected chi connectivity index (χ2v) is 11.8. The Balaban J connectivity index is 1.32. The highest BCUT2D eigenvalue weighted by atomic mass is 32.2. The molecular weight excluding hydrogens is 356 g/mol. The number of hydrogen-bond donors (Lipinski definition) is 3. The molecule has 6 nitrogen and oxygen atoms in total. The Morgan fingerprint density at radius 2 is 1.88 bits per heavy atom. The van der Waals surface area contributed by atoms with Gasteiger partial charge in [0.05, 0.1) is 16.8 Å². The van der Waals surface area contributed by atoms with E-state index in [0.717, 1.165) is 45.3 Å². The van der Waals surface area contributed by atoms with Gasteiger partial charge in [0.2, 0.25) is 0 Å². The molecule has 8 heteroatoms. The summed E-state index contributed by atoms with van der Waals surface area (Å²) < 4.78 is 23.6. The highest BCUT2D eigenvalue weighted by Crippen LogP contribution is 2.32. The highest BCUT2D eigenvalue weighted by Gasteiger charge is 2.42. The Kier molecular flexibility index (Phi) is 5.65. The van der Waals surface area contributed by atoms with Gasteiger partial charge < -0.3 is 10.6 Å². The summed E-state index contributed by atoms with van der Waals surface area (Å²) in [5.41, 5.74) is 0. The van der Waals surface area contributed by atoms with Crippen LogP contribution in [0.25, 0.3) is 0 Å². The van der Waals surface area contributed by atoms with Crippen molar-refractivity contribution >= 4 is 21.6 Å². The summed E-state index contributed by atoms with van der Waals surface area (Å²) in [6.07, 6.45) is 6.80. The molecule has 144 valence electrons. The lowest BCUT2D eigenvalue weighted by atomic mass is 9.82. The smallest absolute Gasteiger partial charge is 0.150 e. The van der Waals surface area contributed by atoms with Crippen molar-refractivity contribution in [3.05, 3.63) is 0 Å². The van der Waals surface area contributed by atoms with Gasteiger partial charge >= 0.3 is 0 Å². The second kappa shape index (κ2) is 7.64. The van der Waals surface area contributed by atoms with Gasteiger partial charge in [-0.05, 0) is 38.0 Å². The van der Waals surface area contributed by atoms with Gasteiger partial charge in [0.15, 0.2) is 0 Å². The molecule has 0 amide bonds. The minimum absolute atomic E-state index is 0.110. The Labute approximate surface area is 156 Å². The first-order valence-electron chi connectivity index (χ1n) is 9.78. The first-order valence-corrected chi connectivity index (χ1v) is 12.8. The van der Waals surface area contributed by atoms with Crippen molar-refractivity contribution in [3.63, 3.8) is 0 Å². The summed E-state index contributed by atoms with van der Waals surface area (Å²) in [5, 5.41) is 11.8. The normalized spacial score (nSPS) is 43.2. The lowest BCUT2D eigenvalue weighted by molar-refractivity contribution is 0.119. The Morgan fingerprint density at radius 3 is 2.56 bits per heavy atom. The first kappa shape index (κ1) is 18.5.